The first-order valence-electron chi connectivity index (χ1n) is 12.9. The van der Waals surface area contributed by atoms with E-state index in [4.69, 9.17) is 0 Å². The third kappa shape index (κ3) is 7.29. The summed E-state index contributed by atoms with van der Waals surface area (Å²) in [7, 11) is 0. The molecule has 2 nitrogen and oxygen atoms in total. The summed E-state index contributed by atoms with van der Waals surface area (Å²) in [5, 5.41) is 0. The maximum atomic E-state index is 15.0. The molecule has 0 bridgehead atoms. The van der Waals surface area contributed by atoms with Gasteiger partial charge in [-0.1, -0.05) is 62.2 Å². The summed E-state index contributed by atoms with van der Waals surface area (Å²) in [6.45, 7) is 2.13. The molecular weight excluding hydrogens is 568 g/mol. The first-order chi connectivity index (χ1) is 20.0. The summed E-state index contributed by atoms with van der Waals surface area (Å²) in [5.74, 6) is -7.74. The highest BCUT2D eigenvalue weighted by Gasteiger charge is 2.38. The molecule has 0 aliphatic rings. The average molecular weight is 593 g/mol. The van der Waals surface area contributed by atoms with Gasteiger partial charge in [-0.15, -0.1) is 0 Å². The molecule has 42 heavy (non-hydrogen) atoms. The van der Waals surface area contributed by atoms with E-state index in [0.717, 1.165) is 37.3 Å². The molecule has 0 N–H and O–H groups in total. The van der Waals surface area contributed by atoms with Gasteiger partial charge in [-0.2, -0.15) is 17.6 Å². The molecule has 0 spiro atoms. The zero-order chi connectivity index (χ0) is 30.4. The summed E-state index contributed by atoms with van der Waals surface area (Å²) in [6.07, 6.45) is -2.77. The molecule has 0 heterocycles. The summed E-state index contributed by atoms with van der Waals surface area (Å²) >= 11 is 0. The van der Waals surface area contributed by atoms with Crippen LogP contribution in [0.15, 0.2) is 85.1 Å². The monoisotopic (exact) mass is 592 g/mol. The summed E-state index contributed by atoms with van der Waals surface area (Å²) in [6, 6.07) is 14.9. The first kappa shape index (κ1) is 30.6. The standard InChI is InChI=1S/C32H24F8O2/c1-2-3-4-5-19-6-8-20(9-7-19)21-10-12-24(26(33)14-21)22-11-13-25(27(34)15-22)32(39,40)42-23-16-28(35)31(29(36)17-23)41-18-30(37)38/h6-18H,2-5H2,1H3. The SMILES string of the molecule is CCCCCc1ccc(-c2ccc(-c3ccc(C(F)(F)Oc4cc(F)c(OC=C(F)F)c(F)c4)c(F)c3)c(F)c2)cc1. The van der Waals surface area contributed by atoms with Crippen LogP contribution in [0.4, 0.5) is 35.1 Å². The van der Waals surface area contributed by atoms with Crippen LogP contribution in [0.5, 0.6) is 11.5 Å². The third-order valence-electron chi connectivity index (χ3n) is 6.40. The van der Waals surface area contributed by atoms with Crippen LogP contribution in [0.1, 0.15) is 37.3 Å². The largest absolute Gasteiger partial charge is 0.453 e. The zero-order valence-corrected chi connectivity index (χ0v) is 22.2. The van der Waals surface area contributed by atoms with Crippen molar-refractivity contribution in [2.45, 2.75) is 38.7 Å². The number of hydrogen-bond acceptors (Lipinski definition) is 2. The Bertz CT molecular complexity index is 1560. The predicted molar refractivity (Wildman–Crippen MR) is 142 cm³/mol. The number of benzene rings is 4. The Balaban J connectivity index is 1.52. The van der Waals surface area contributed by atoms with Gasteiger partial charge in [0.15, 0.2) is 23.6 Å². The topological polar surface area (TPSA) is 18.5 Å². The molecule has 0 saturated carbocycles. The van der Waals surface area contributed by atoms with Gasteiger partial charge < -0.3 is 9.47 Å². The molecule has 4 rings (SSSR count). The number of ether oxygens (including phenoxy) is 2. The van der Waals surface area contributed by atoms with E-state index in [9.17, 15) is 30.7 Å². The van der Waals surface area contributed by atoms with Crippen molar-refractivity contribution in [1.29, 1.82) is 0 Å². The van der Waals surface area contributed by atoms with Crippen molar-refractivity contribution in [1.82, 2.24) is 0 Å². The highest BCUT2D eigenvalue weighted by Crippen LogP contribution is 2.38. The van der Waals surface area contributed by atoms with E-state index in [-0.39, 0.29) is 29.5 Å². The van der Waals surface area contributed by atoms with E-state index < -0.39 is 52.5 Å². The van der Waals surface area contributed by atoms with E-state index in [0.29, 0.717) is 17.7 Å². The second kappa shape index (κ2) is 13.1. The van der Waals surface area contributed by atoms with Crippen molar-refractivity contribution in [2.75, 3.05) is 0 Å². The third-order valence-corrected chi connectivity index (χ3v) is 6.40. The second-order valence-corrected chi connectivity index (χ2v) is 9.40. The van der Waals surface area contributed by atoms with Gasteiger partial charge in [0.2, 0.25) is 0 Å². The molecule has 0 fully saturated rings. The number of unbranched alkanes of at least 4 members (excludes halogenated alkanes) is 2. The minimum Gasteiger partial charge on any atom is -0.453 e. The van der Waals surface area contributed by atoms with Crippen LogP contribution in [0.25, 0.3) is 22.3 Å². The molecule has 0 atom stereocenters. The Morgan fingerprint density at radius 3 is 1.93 bits per heavy atom. The minimum atomic E-state index is -4.42. The van der Waals surface area contributed by atoms with Gasteiger partial charge in [0.25, 0.3) is 0 Å². The lowest BCUT2D eigenvalue weighted by molar-refractivity contribution is -0.187. The van der Waals surface area contributed by atoms with Crippen LogP contribution in [-0.2, 0) is 12.5 Å². The van der Waals surface area contributed by atoms with Gasteiger partial charge in [-0.25, -0.2) is 17.6 Å². The van der Waals surface area contributed by atoms with Crippen molar-refractivity contribution < 1.29 is 44.6 Å². The van der Waals surface area contributed by atoms with Crippen LogP contribution >= 0.6 is 0 Å². The number of aryl methyl sites for hydroxylation is 1. The molecule has 0 unspecified atom stereocenters. The van der Waals surface area contributed by atoms with Crippen molar-refractivity contribution >= 4 is 0 Å². The van der Waals surface area contributed by atoms with E-state index in [2.05, 4.69) is 16.4 Å². The van der Waals surface area contributed by atoms with E-state index in [1.165, 1.54) is 17.7 Å². The molecule has 0 amide bonds. The average Bonchev–Trinajstić information content (AvgIpc) is 2.92. The van der Waals surface area contributed by atoms with Gasteiger partial charge in [0, 0.05) is 17.7 Å². The summed E-state index contributed by atoms with van der Waals surface area (Å²) in [5.41, 5.74) is 1.17. The Labute approximate surface area is 236 Å². The Kier molecular flexibility index (Phi) is 9.55. The van der Waals surface area contributed by atoms with E-state index in [1.54, 1.807) is 6.07 Å². The molecule has 0 aliphatic carbocycles. The Morgan fingerprint density at radius 1 is 0.714 bits per heavy atom. The number of hydrogen-bond donors (Lipinski definition) is 0. The Hall–Kier alpha value is -4.34. The second-order valence-electron chi connectivity index (χ2n) is 9.40. The van der Waals surface area contributed by atoms with Crippen molar-refractivity contribution in [3.05, 3.63) is 120 Å². The Morgan fingerprint density at radius 2 is 1.33 bits per heavy atom. The van der Waals surface area contributed by atoms with Crippen LogP contribution < -0.4 is 9.47 Å². The number of halogens is 8. The van der Waals surface area contributed by atoms with Gasteiger partial charge in [0.05, 0.1) is 5.56 Å². The predicted octanol–water partition coefficient (Wildman–Crippen LogP) is 10.6. The van der Waals surface area contributed by atoms with Gasteiger partial charge >= 0.3 is 12.2 Å². The zero-order valence-electron chi connectivity index (χ0n) is 22.2. The molecule has 0 radical (unpaired) electrons. The lowest BCUT2D eigenvalue weighted by Gasteiger charge is -2.20. The molecule has 0 saturated heterocycles. The molecule has 4 aromatic rings. The maximum Gasteiger partial charge on any atom is 0.429 e. The molecular formula is C32H24F8O2. The van der Waals surface area contributed by atoms with Crippen LogP contribution in [0, 0.1) is 23.3 Å². The first-order valence-corrected chi connectivity index (χ1v) is 12.9. The number of rotatable bonds is 11. The molecule has 10 heteroatoms. The summed E-state index contributed by atoms with van der Waals surface area (Å²) < 4.78 is 120. The van der Waals surface area contributed by atoms with Crippen LogP contribution in [-0.4, -0.2) is 0 Å². The van der Waals surface area contributed by atoms with Gasteiger partial charge in [0.1, 0.15) is 17.4 Å². The molecule has 220 valence electrons. The quantitative estimate of drug-likeness (QED) is 0.0980. The lowest BCUT2D eigenvalue weighted by atomic mass is 9.97. The van der Waals surface area contributed by atoms with Gasteiger partial charge in [-0.3, -0.25) is 0 Å². The molecule has 4 aromatic carbocycles. The van der Waals surface area contributed by atoms with Crippen LogP contribution in [0.2, 0.25) is 0 Å². The maximum absolute atomic E-state index is 15.0. The van der Waals surface area contributed by atoms with Gasteiger partial charge in [-0.05, 0) is 53.3 Å². The van der Waals surface area contributed by atoms with Crippen molar-refractivity contribution in [3.8, 4) is 33.8 Å². The smallest absolute Gasteiger partial charge is 0.429 e. The molecule has 0 aliphatic heterocycles. The van der Waals surface area contributed by atoms with Crippen LogP contribution in [0.3, 0.4) is 0 Å². The normalized spacial score (nSPS) is 11.4. The lowest BCUT2D eigenvalue weighted by Crippen LogP contribution is -2.23. The highest BCUT2D eigenvalue weighted by atomic mass is 19.3. The minimum absolute atomic E-state index is 0.0332. The highest BCUT2D eigenvalue weighted by molar-refractivity contribution is 5.71. The molecule has 0 aromatic heterocycles. The fraction of sp³-hybridized carbons (Fsp3) is 0.188. The van der Waals surface area contributed by atoms with E-state index in [1.807, 2.05) is 24.3 Å². The fourth-order valence-electron chi connectivity index (χ4n) is 4.31. The van der Waals surface area contributed by atoms with Crippen molar-refractivity contribution in [2.24, 2.45) is 0 Å². The summed E-state index contributed by atoms with van der Waals surface area (Å²) in [4.78, 5) is 0. The van der Waals surface area contributed by atoms with Crippen molar-refractivity contribution in [3.63, 3.8) is 0 Å². The fourth-order valence-corrected chi connectivity index (χ4v) is 4.31. The number of alkyl halides is 2. The van der Waals surface area contributed by atoms with E-state index >= 15 is 4.39 Å².